The first kappa shape index (κ1) is 12.1. The van der Waals surface area contributed by atoms with Gasteiger partial charge in [0.25, 0.3) is 0 Å². The van der Waals surface area contributed by atoms with Crippen LogP contribution in [0.25, 0.3) is 0 Å². The number of hydrogen-bond donors (Lipinski definition) is 1. The molecule has 1 aromatic heterocycles. The molecule has 0 saturated heterocycles. The first-order valence-electron chi connectivity index (χ1n) is 6.42. The predicted molar refractivity (Wildman–Crippen MR) is 65.8 cm³/mol. The second-order valence-electron chi connectivity index (χ2n) is 4.85. The molecule has 0 aromatic carbocycles. The van der Waals surface area contributed by atoms with Crippen molar-refractivity contribution in [3.63, 3.8) is 0 Å². The van der Waals surface area contributed by atoms with Gasteiger partial charge in [-0.05, 0) is 36.5 Å². The van der Waals surface area contributed by atoms with Gasteiger partial charge in [0.1, 0.15) is 0 Å². The average Bonchev–Trinajstić information content (AvgIpc) is 2.59. The fourth-order valence-corrected chi connectivity index (χ4v) is 2.83. The van der Waals surface area contributed by atoms with E-state index in [2.05, 4.69) is 4.98 Å². The Labute approximate surface area is 102 Å². The monoisotopic (exact) mass is 233 g/mol. The number of carboxylic acid groups (broad SMARTS) is 1. The average molecular weight is 233 g/mol. The third-order valence-electron chi connectivity index (χ3n) is 3.70. The van der Waals surface area contributed by atoms with Crippen LogP contribution in [-0.4, -0.2) is 16.1 Å². The molecule has 0 bridgehead atoms. The van der Waals surface area contributed by atoms with Gasteiger partial charge in [0.15, 0.2) is 0 Å². The number of nitrogens with zero attached hydrogens (tertiary/aromatic N) is 1. The summed E-state index contributed by atoms with van der Waals surface area (Å²) in [6.45, 7) is 0. The standard InChI is InChI=1S/C14H19NO2/c16-14(17)13(12-7-9-15-10-8-12)11-5-3-1-2-4-6-11/h7-11,13H,1-6H2,(H,16,17). The Hall–Kier alpha value is -1.38. The van der Waals surface area contributed by atoms with Crippen LogP contribution in [0.4, 0.5) is 0 Å². The van der Waals surface area contributed by atoms with Gasteiger partial charge in [-0.25, -0.2) is 0 Å². The van der Waals surface area contributed by atoms with Gasteiger partial charge in [0.05, 0.1) is 5.92 Å². The molecular formula is C14H19NO2. The summed E-state index contributed by atoms with van der Waals surface area (Å²) in [5.74, 6) is -0.753. The van der Waals surface area contributed by atoms with Crippen LogP contribution >= 0.6 is 0 Å². The van der Waals surface area contributed by atoms with E-state index < -0.39 is 5.97 Å². The van der Waals surface area contributed by atoms with E-state index in [4.69, 9.17) is 0 Å². The third kappa shape index (κ3) is 3.05. The molecule has 0 aliphatic heterocycles. The maximum Gasteiger partial charge on any atom is 0.311 e. The smallest absolute Gasteiger partial charge is 0.311 e. The maximum atomic E-state index is 11.5. The first-order chi connectivity index (χ1) is 8.29. The van der Waals surface area contributed by atoms with Crippen molar-refractivity contribution >= 4 is 5.97 Å². The molecule has 0 spiro atoms. The molecule has 1 aliphatic carbocycles. The van der Waals surface area contributed by atoms with E-state index in [-0.39, 0.29) is 11.8 Å². The molecule has 0 amide bonds. The lowest BCUT2D eigenvalue weighted by molar-refractivity contribution is -0.140. The highest BCUT2D eigenvalue weighted by molar-refractivity contribution is 5.76. The van der Waals surface area contributed by atoms with Crippen molar-refractivity contribution in [1.82, 2.24) is 4.98 Å². The molecule has 17 heavy (non-hydrogen) atoms. The molecule has 1 heterocycles. The van der Waals surface area contributed by atoms with Gasteiger partial charge in [0, 0.05) is 12.4 Å². The van der Waals surface area contributed by atoms with Crippen LogP contribution in [-0.2, 0) is 4.79 Å². The summed E-state index contributed by atoms with van der Waals surface area (Å²) in [6, 6.07) is 3.67. The minimum Gasteiger partial charge on any atom is -0.481 e. The van der Waals surface area contributed by atoms with Crippen LogP contribution in [0.5, 0.6) is 0 Å². The van der Waals surface area contributed by atoms with Crippen molar-refractivity contribution in [3.8, 4) is 0 Å². The van der Waals surface area contributed by atoms with E-state index >= 15 is 0 Å². The van der Waals surface area contributed by atoms with Crippen LogP contribution in [0, 0.1) is 5.92 Å². The largest absolute Gasteiger partial charge is 0.481 e. The van der Waals surface area contributed by atoms with Gasteiger partial charge in [0.2, 0.25) is 0 Å². The van der Waals surface area contributed by atoms with Gasteiger partial charge in [-0.15, -0.1) is 0 Å². The lowest BCUT2D eigenvalue weighted by atomic mass is 9.82. The zero-order valence-corrected chi connectivity index (χ0v) is 10.0. The fourth-order valence-electron chi connectivity index (χ4n) is 2.83. The Morgan fingerprint density at radius 3 is 2.29 bits per heavy atom. The maximum absolute atomic E-state index is 11.5. The first-order valence-corrected chi connectivity index (χ1v) is 6.42. The Morgan fingerprint density at radius 1 is 1.18 bits per heavy atom. The molecule has 1 atom stereocenters. The summed E-state index contributed by atoms with van der Waals surface area (Å²) in [7, 11) is 0. The highest BCUT2D eigenvalue weighted by Crippen LogP contribution is 2.35. The molecule has 92 valence electrons. The van der Waals surface area contributed by atoms with Crippen LogP contribution in [0.15, 0.2) is 24.5 Å². The van der Waals surface area contributed by atoms with E-state index in [0.717, 1.165) is 18.4 Å². The van der Waals surface area contributed by atoms with E-state index in [1.165, 1.54) is 25.7 Å². The van der Waals surface area contributed by atoms with Crippen LogP contribution < -0.4 is 0 Å². The van der Waals surface area contributed by atoms with Crippen molar-refractivity contribution in [3.05, 3.63) is 30.1 Å². The number of pyridine rings is 1. The SMILES string of the molecule is O=C(O)C(c1ccncc1)C1CCCCCC1. The Morgan fingerprint density at radius 2 is 1.76 bits per heavy atom. The second kappa shape index (κ2) is 5.80. The molecule has 1 aromatic rings. The van der Waals surface area contributed by atoms with E-state index in [1.807, 2.05) is 12.1 Å². The second-order valence-corrected chi connectivity index (χ2v) is 4.85. The molecule has 2 rings (SSSR count). The van der Waals surface area contributed by atoms with E-state index in [0.29, 0.717) is 0 Å². The molecular weight excluding hydrogens is 214 g/mol. The van der Waals surface area contributed by atoms with Crippen LogP contribution in [0.3, 0.4) is 0 Å². The normalized spacial score (nSPS) is 19.5. The number of aliphatic carboxylic acids is 1. The zero-order chi connectivity index (χ0) is 12.1. The minimum absolute atomic E-state index is 0.289. The summed E-state index contributed by atoms with van der Waals surface area (Å²) >= 11 is 0. The summed E-state index contributed by atoms with van der Waals surface area (Å²) in [5, 5.41) is 9.45. The minimum atomic E-state index is -0.692. The molecule has 0 radical (unpaired) electrons. The molecule has 1 aliphatic rings. The van der Waals surface area contributed by atoms with Gasteiger partial charge in [-0.2, -0.15) is 0 Å². The predicted octanol–water partition coefficient (Wildman–Crippen LogP) is 3.22. The molecule has 3 heteroatoms. The van der Waals surface area contributed by atoms with Crippen molar-refractivity contribution < 1.29 is 9.90 Å². The molecule has 3 nitrogen and oxygen atoms in total. The Kier molecular flexibility index (Phi) is 4.13. The van der Waals surface area contributed by atoms with Crippen molar-refractivity contribution in [2.75, 3.05) is 0 Å². The van der Waals surface area contributed by atoms with Gasteiger partial charge < -0.3 is 5.11 Å². The van der Waals surface area contributed by atoms with Crippen molar-refractivity contribution in [2.45, 2.75) is 44.4 Å². The lowest BCUT2D eigenvalue weighted by Gasteiger charge is -2.22. The van der Waals surface area contributed by atoms with Gasteiger partial charge in [-0.1, -0.05) is 25.7 Å². The van der Waals surface area contributed by atoms with Crippen LogP contribution in [0.1, 0.15) is 50.0 Å². The van der Waals surface area contributed by atoms with Crippen molar-refractivity contribution in [2.24, 2.45) is 5.92 Å². The summed E-state index contributed by atoms with van der Waals surface area (Å²) in [6.07, 6.45) is 10.3. The summed E-state index contributed by atoms with van der Waals surface area (Å²) < 4.78 is 0. The molecule has 1 unspecified atom stereocenters. The number of carboxylic acids is 1. The summed E-state index contributed by atoms with van der Waals surface area (Å²) in [5.41, 5.74) is 0.902. The number of rotatable bonds is 3. The topological polar surface area (TPSA) is 50.2 Å². The summed E-state index contributed by atoms with van der Waals surface area (Å²) in [4.78, 5) is 15.4. The van der Waals surface area contributed by atoms with Gasteiger partial charge >= 0.3 is 5.97 Å². The van der Waals surface area contributed by atoms with Crippen molar-refractivity contribution in [1.29, 1.82) is 0 Å². The number of carbonyl (C=O) groups is 1. The quantitative estimate of drug-likeness (QED) is 0.815. The third-order valence-corrected chi connectivity index (χ3v) is 3.70. The lowest BCUT2D eigenvalue weighted by Crippen LogP contribution is -2.21. The Balaban J connectivity index is 2.19. The van der Waals surface area contributed by atoms with Crippen LogP contribution in [0.2, 0.25) is 0 Å². The van der Waals surface area contributed by atoms with E-state index in [9.17, 15) is 9.90 Å². The number of hydrogen-bond acceptors (Lipinski definition) is 2. The van der Waals surface area contributed by atoms with E-state index in [1.54, 1.807) is 12.4 Å². The zero-order valence-electron chi connectivity index (χ0n) is 10.0. The fraction of sp³-hybridized carbons (Fsp3) is 0.571. The Bertz CT molecular complexity index is 356. The molecule has 1 N–H and O–H groups in total. The van der Waals surface area contributed by atoms with Gasteiger partial charge in [-0.3, -0.25) is 9.78 Å². The molecule has 1 saturated carbocycles. The number of aromatic nitrogens is 1. The molecule has 1 fully saturated rings. The highest BCUT2D eigenvalue weighted by Gasteiger charge is 2.29. The highest BCUT2D eigenvalue weighted by atomic mass is 16.4.